The van der Waals surface area contributed by atoms with Crippen LogP contribution in [0.2, 0.25) is 0 Å². The summed E-state index contributed by atoms with van der Waals surface area (Å²) >= 11 is 0. The topological polar surface area (TPSA) is 62.2 Å². The smallest absolute Gasteiger partial charge is 0.0869 e. The van der Waals surface area contributed by atoms with Gasteiger partial charge in [0, 0.05) is 13.5 Å². The average Bonchev–Trinajstić information content (AvgIpc) is 2.34. The maximum atomic E-state index is 8.30. The Kier molecular flexibility index (Phi) is 3.22. The zero-order chi connectivity index (χ0) is 8.27. The van der Waals surface area contributed by atoms with Crippen LogP contribution in [0.1, 0.15) is 19.3 Å². The van der Waals surface area contributed by atoms with Crippen LogP contribution in [-0.2, 0) is 9.57 Å². The SMILES string of the molecule is COC1CCC(ON(O)O)C1. The lowest BCUT2D eigenvalue weighted by molar-refractivity contribution is -0.504. The van der Waals surface area contributed by atoms with Gasteiger partial charge in [0.15, 0.2) is 0 Å². The molecule has 0 aromatic carbocycles. The van der Waals surface area contributed by atoms with Crippen molar-refractivity contribution in [2.45, 2.75) is 31.5 Å². The van der Waals surface area contributed by atoms with Gasteiger partial charge in [0.05, 0.1) is 17.6 Å². The molecular formula is C6H13NO4. The fourth-order valence-electron chi connectivity index (χ4n) is 1.34. The van der Waals surface area contributed by atoms with Crippen molar-refractivity contribution in [1.82, 2.24) is 5.39 Å². The van der Waals surface area contributed by atoms with E-state index in [4.69, 9.17) is 15.2 Å². The zero-order valence-corrected chi connectivity index (χ0v) is 6.43. The van der Waals surface area contributed by atoms with E-state index in [2.05, 4.69) is 4.84 Å². The van der Waals surface area contributed by atoms with Crippen LogP contribution in [0, 0.1) is 0 Å². The van der Waals surface area contributed by atoms with Crippen molar-refractivity contribution >= 4 is 0 Å². The summed E-state index contributed by atoms with van der Waals surface area (Å²) in [5.41, 5.74) is 0. The number of hydrogen-bond donors (Lipinski definition) is 2. The second-order valence-corrected chi connectivity index (χ2v) is 2.65. The highest BCUT2D eigenvalue weighted by Crippen LogP contribution is 2.23. The summed E-state index contributed by atoms with van der Waals surface area (Å²) in [6, 6.07) is 0. The fourth-order valence-corrected chi connectivity index (χ4v) is 1.34. The standard InChI is InChI=1S/C6H13NO4/c1-10-5-2-3-6(4-5)11-7(8)9/h5-6,8-9H,2-4H2,1H3. The minimum Gasteiger partial charge on any atom is -0.381 e. The Morgan fingerprint density at radius 3 is 2.36 bits per heavy atom. The van der Waals surface area contributed by atoms with Crippen LogP contribution in [-0.4, -0.2) is 35.1 Å². The Morgan fingerprint density at radius 2 is 1.91 bits per heavy atom. The first kappa shape index (κ1) is 8.89. The normalized spacial score (nSPS) is 31.6. The third kappa shape index (κ3) is 2.72. The molecule has 2 unspecified atom stereocenters. The van der Waals surface area contributed by atoms with E-state index in [0.717, 1.165) is 12.8 Å². The van der Waals surface area contributed by atoms with E-state index in [9.17, 15) is 0 Å². The van der Waals surface area contributed by atoms with Gasteiger partial charge in [-0.05, 0) is 12.8 Å². The van der Waals surface area contributed by atoms with Crippen molar-refractivity contribution < 1.29 is 20.0 Å². The third-order valence-electron chi connectivity index (χ3n) is 1.91. The van der Waals surface area contributed by atoms with E-state index < -0.39 is 0 Å². The van der Waals surface area contributed by atoms with E-state index in [-0.39, 0.29) is 17.6 Å². The van der Waals surface area contributed by atoms with E-state index in [1.165, 1.54) is 0 Å². The molecule has 5 nitrogen and oxygen atoms in total. The number of methoxy groups -OCH3 is 1. The van der Waals surface area contributed by atoms with Crippen LogP contribution in [0.4, 0.5) is 0 Å². The van der Waals surface area contributed by atoms with Crippen molar-refractivity contribution in [3.8, 4) is 0 Å². The predicted molar refractivity (Wildman–Crippen MR) is 34.9 cm³/mol. The van der Waals surface area contributed by atoms with E-state index in [0.29, 0.717) is 6.42 Å². The van der Waals surface area contributed by atoms with Gasteiger partial charge in [-0.2, -0.15) is 0 Å². The van der Waals surface area contributed by atoms with Gasteiger partial charge in [-0.1, -0.05) is 0 Å². The van der Waals surface area contributed by atoms with E-state index >= 15 is 0 Å². The molecule has 1 rings (SSSR count). The minimum absolute atomic E-state index is 0.130. The van der Waals surface area contributed by atoms with Gasteiger partial charge < -0.3 is 4.74 Å². The van der Waals surface area contributed by atoms with Crippen LogP contribution in [0.5, 0.6) is 0 Å². The second-order valence-electron chi connectivity index (χ2n) is 2.65. The van der Waals surface area contributed by atoms with Gasteiger partial charge in [0.2, 0.25) is 0 Å². The van der Waals surface area contributed by atoms with Crippen LogP contribution < -0.4 is 0 Å². The molecule has 2 N–H and O–H groups in total. The van der Waals surface area contributed by atoms with Crippen LogP contribution in [0.25, 0.3) is 0 Å². The van der Waals surface area contributed by atoms with Crippen molar-refractivity contribution in [2.75, 3.05) is 7.11 Å². The summed E-state index contributed by atoms with van der Waals surface area (Å²) in [5.74, 6) is 0. The fraction of sp³-hybridized carbons (Fsp3) is 1.00. The van der Waals surface area contributed by atoms with Gasteiger partial charge in [-0.3, -0.25) is 10.4 Å². The van der Waals surface area contributed by atoms with Crippen molar-refractivity contribution in [1.29, 1.82) is 0 Å². The van der Waals surface area contributed by atoms with Crippen LogP contribution in [0.15, 0.2) is 0 Å². The molecule has 66 valence electrons. The molecule has 11 heavy (non-hydrogen) atoms. The molecule has 1 saturated carbocycles. The highest BCUT2D eigenvalue weighted by atomic mass is 17.1. The number of hydrogen-bond acceptors (Lipinski definition) is 5. The van der Waals surface area contributed by atoms with Crippen molar-refractivity contribution in [2.24, 2.45) is 0 Å². The predicted octanol–water partition coefficient (Wildman–Crippen LogP) is 0.566. The van der Waals surface area contributed by atoms with Crippen molar-refractivity contribution in [3.05, 3.63) is 0 Å². The molecule has 0 bridgehead atoms. The molecule has 2 atom stereocenters. The lowest BCUT2D eigenvalue weighted by atomic mass is 10.3. The van der Waals surface area contributed by atoms with E-state index in [1.807, 2.05) is 0 Å². The first-order valence-corrected chi connectivity index (χ1v) is 3.60. The van der Waals surface area contributed by atoms with Gasteiger partial charge in [0.1, 0.15) is 0 Å². The van der Waals surface area contributed by atoms with Crippen molar-refractivity contribution in [3.63, 3.8) is 0 Å². The molecule has 0 aromatic heterocycles. The van der Waals surface area contributed by atoms with Gasteiger partial charge in [-0.25, -0.2) is 4.84 Å². The molecule has 0 radical (unpaired) electrons. The lowest BCUT2D eigenvalue weighted by Crippen LogP contribution is -2.22. The summed E-state index contributed by atoms with van der Waals surface area (Å²) in [4.78, 5) is 4.61. The molecule has 1 aliphatic carbocycles. The maximum Gasteiger partial charge on any atom is 0.0869 e. The first-order valence-electron chi connectivity index (χ1n) is 3.60. The number of ether oxygens (including phenoxy) is 1. The van der Waals surface area contributed by atoms with Gasteiger partial charge in [0.25, 0.3) is 0 Å². The Morgan fingerprint density at radius 1 is 1.27 bits per heavy atom. The first-order chi connectivity index (χ1) is 5.22. The Hall–Kier alpha value is -0.200. The highest BCUT2D eigenvalue weighted by Gasteiger charge is 2.26. The Bertz CT molecular complexity index is 119. The summed E-state index contributed by atoms with van der Waals surface area (Å²) in [7, 11) is 1.64. The molecule has 1 fully saturated rings. The zero-order valence-electron chi connectivity index (χ0n) is 6.43. The average molecular weight is 163 g/mol. The van der Waals surface area contributed by atoms with Gasteiger partial charge >= 0.3 is 0 Å². The van der Waals surface area contributed by atoms with E-state index in [1.54, 1.807) is 7.11 Å². The molecule has 0 spiro atoms. The molecule has 0 amide bonds. The summed E-state index contributed by atoms with van der Waals surface area (Å²) in [5, 5.41) is 16.4. The molecule has 5 heteroatoms. The molecule has 1 aliphatic rings. The minimum atomic E-state index is -0.233. The third-order valence-corrected chi connectivity index (χ3v) is 1.91. The Balaban J connectivity index is 2.19. The molecular weight excluding hydrogens is 150 g/mol. The molecule has 0 heterocycles. The molecule has 0 aliphatic heterocycles. The van der Waals surface area contributed by atoms with Crippen LogP contribution in [0.3, 0.4) is 0 Å². The summed E-state index contributed by atoms with van der Waals surface area (Å²) < 4.78 is 5.06. The Labute approximate surface area is 65.0 Å². The van der Waals surface area contributed by atoms with Crippen LogP contribution >= 0.6 is 0 Å². The monoisotopic (exact) mass is 163 g/mol. The number of rotatable bonds is 3. The largest absolute Gasteiger partial charge is 0.381 e. The highest BCUT2D eigenvalue weighted by molar-refractivity contribution is 4.75. The number of nitrogens with zero attached hydrogens (tertiary/aromatic N) is 1. The van der Waals surface area contributed by atoms with Gasteiger partial charge in [-0.15, -0.1) is 0 Å². The molecule has 0 aromatic rings. The lowest BCUT2D eigenvalue weighted by Gasteiger charge is -2.12. The second kappa shape index (κ2) is 3.99. The summed E-state index contributed by atoms with van der Waals surface area (Å²) in [6.07, 6.45) is 2.49. The summed E-state index contributed by atoms with van der Waals surface area (Å²) in [6.45, 7) is 0. The quantitative estimate of drug-likeness (QED) is 0.595. The maximum absolute atomic E-state index is 8.30. The molecule has 0 saturated heterocycles.